The molecule has 2 nitrogen and oxygen atoms in total. The minimum atomic E-state index is 0.0962. The van der Waals surface area contributed by atoms with Crippen LogP contribution in [0.1, 0.15) is 47.1 Å². The average Bonchev–Trinajstić information content (AvgIpc) is 2.62. The molecule has 0 bridgehead atoms. The first-order chi connectivity index (χ1) is 9.34. The Morgan fingerprint density at radius 1 is 1.15 bits per heavy atom. The molecule has 110 valence electrons. The topological polar surface area (TPSA) is 6.48 Å². The van der Waals surface area contributed by atoms with Crippen molar-refractivity contribution in [1.82, 2.24) is 9.80 Å². The molecule has 1 saturated heterocycles. The van der Waals surface area contributed by atoms with Gasteiger partial charge in [0.05, 0.1) is 12.2 Å². The van der Waals surface area contributed by atoms with Gasteiger partial charge in [0.15, 0.2) is 0 Å². The molecule has 0 atom stereocenters. The van der Waals surface area contributed by atoms with E-state index in [0.29, 0.717) is 6.04 Å². The molecule has 1 fully saturated rings. The quantitative estimate of drug-likeness (QED) is 0.812. The molecule has 1 aliphatic heterocycles. The summed E-state index contributed by atoms with van der Waals surface area (Å²) in [6, 6.07) is 11.3. The lowest BCUT2D eigenvalue weighted by Crippen LogP contribution is -2.38. The number of hydrogen-bond acceptors (Lipinski definition) is 2. The summed E-state index contributed by atoms with van der Waals surface area (Å²) in [7, 11) is 0. The molecule has 1 heterocycles. The standard InChI is InChI=1S/C18H28N2/c1-14(2)17-18(5,6)19(13-20(17)15(3)4)12-16-10-8-7-9-11-16/h7-11,15H,12-13H2,1-6H3. The zero-order valence-corrected chi connectivity index (χ0v) is 13.8. The second-order valence-electron chi connectivity index (χ2n) is 6.80. The second kappa shape index (κ2) is 5.61. The predicted molar refractivity (Wildman–Crippen MR) is 86.3 cm³/mol. The van der Waals surface area contributed by atoms with Crippen molar-refractivity contribution < 1.29 is 0 Å². The molecule has 2 rings (SSSR count). The Labute approximate surface area is 124 Å². The van der Waals surface area contributed by atoms with Gasteiger partial charge in [-0.1, -0.05) is 35.9 Å². The first-order valence-electron chi connectivity index (χ1n) is 7.57. The van der Waals surface area contributed by atoms with Gasteiger partial charge in [0.1, 0.15) is 0 Å². The van der Waals surface area contributed by atoms with Crippen LogP contribution in [-0.2, 0) is 6.54 Å². The molecule has 0 N–H and O–H groups in total. The Kier molecular flexibility index (Phi) is 4.24. The minimum absolute atomic E-state index is 0.0962. The van der Waals surface area contributed by atoms with E-state index in [4.69, 9.17) is 0 Å². The highest BCUT2D eigenvalue weighted by molar-refractivity contribution is 5.27. The van der Waals surface area contributed by atoms with Crippen LogP contribution in [0.2, 0.25) is 0 Å². The van der Waals surface area contributed by atoms with E-state index in [2.05, 4.69) is 81.7 Å². The van der Waals surface area contributed by atoms with Crippen LogP contribution in [-0.4, -0.2) is 28.0 Å². The fraction of sp³-hybridized carbons (Fsp3) is 0.556. The van der Waals surface area contributed by atoms with Crippen LogP contribution in [0, 0.1) is 0 Å². The molecule has 20 heavy (non-hydrogen) atoms. The summed E-state index contributed by atoms with van der Waals surface area (Å²) < 4.78 is 0. The van der Waals surface area contributed by atoms with E-state index in [-0.39, 0.29) is 5.54 Å². The molecular formula is C18H28N2. The fourth-order valence-electron chi connectivity index (χ4n) is 3.30. The van der Waals surface area contributed by atoms with Crippen molar-refractivity contribution >= 4 is 0 Å². The molecule has 0 aromatic heterocycles. The Morgan fingerprint density at radius 3 is 2.20 bits per heavy atom. The van der Waals surface area contributed by atoms with Crippen LogP contribution in [0.25, 0.3) is 0 Å². The normalized spacial score (nSPS) is 18.9. The molecule has 0 unspecified atom stereocenters. The lowest BCUT2D eigenvalue weighted by atomic mass is 9.95. The second-order valence-corrected chi connectivity index (χ2v) is 6.80. The van der Waals surface area contributed by atoms with Gasteiger partial charge in [-0.25, -0.2) is 0 Å². The number of benzene rings is 1. The number of nitrogens with zero attached hydrogens (tertiary/aromatic N) is 2. The van der Waals surface area contributed by atoms with E-state index in [1.807, 2.05) is 0 Å². The van der Waals surface area contributed by atoms with Gasteiger partial charge in [0, 0.05) is 18.3 Å². The molecule has 1 aromatic carbocycles. The molecule has 1 aromatic rings. The highest BCUT2D eigenvalue weighted by Gasteiger charge is 2.42. The van der Waals surface area contributed by atoms with Crippen molar-refractivity contribution in [2.75, 3.05) is 6.67 Å². The summed E-state index contributed by atoms with van der Waals surface area (Å²) in [6.45, 7) is 15.8. The zero-order valence-electron chi connectivity index (χ0n) is 13.8. The van der Waals surface area contributed by atoms with Crippen molar-refractivity contribution in [2.24, 2.45) is 0 Å². The summed E-state index contributed by atoms with van der Waals surface area (Å²) in [6.07, 6.45) is 0. The van der Waals surface area contributed by atoms with Gasteiger partial charge in [0.25, 0.3) is 0 Å². The molecule has 2 heteroatoms. The SMILES string of the molecule is CC(C)=C1N(C(C)C)CN(Cc2ccccc2)C1(C)C. The van der Waals surface area contributed by atoms with Gasteiger partial charge >= 0.3 is 0 Å². The maximum absolute atomic E-state index is 2.57. The maximum atomic E-state index is 2.57. The fourth-order valence-corrected chi connectivity index (χ4v) is 3.30. The van der Waals surface area contributed by atoms with Crippen molar-refractivity contribution in [2.45, 2.75) is 59.7 Å². The summed E-state index contributed by atoms with van der Waals surface area (Å²) in [5.74, 6) is 0. The van der Waals surface area contributed by atoms with E-state index in [1.54, 1.807) is 0 Å². The highest BCUT2D eigenvalue weighted by atomic mass is 15.4. The lowest BCUT2D eigenvalue weighted by molar-refractivity contribution is 0.160. The van der Waals surface area contributed by atoms with Crippen molar-refractivity contribution in [3.8, 4) is 0 Å². The first-order valence-corrected chi connectivity index (χ1v) is 7.57. The number of hydrogen-bond donors (Lipinski definition) is 0. The van der Waals surface area contributed by atoms with Crippen LogP contribution in [0.4, 0.5) is 0 Å². The third kappa shape index (κ3) is 2.76. The van der Waals surface area contributed by atoms with Crippen LogP contribution in [0.15, 0.2) is 41.6 Å². The number of allylic oxidation sites excluding steroid dienone is 1. The summed E-state index contributed by atoms with van der Waals surface area (Å²) in [5.41, 5.74) is 4.40. The van der Waals surface area contributed by atoms with E-state index in [0.717, 1.165) is 13.2 Å². The van der Waals surface area contributed by atoms with Crippen molar-refractivity contribution in [1.29, 1.82) is 0 Å². The molecule has 0 aliphatic carbocycles. The molecule has 0 radical (unpaired) electrons. The van der Waals surface area contributed by atoms with Crippen LogP contribution in [0.5, 0.6) is 0 Å². The van der Waals surface area contributed by atoms with E-state index in [1.165, 1.54) is 16.8 Å². The van der Waals surface area contributed by atoms with Crippen LogP contribution >= 0.6 is 0 Å². The van der Waals surface area contributed by atoms with E-state index < -0.39 is 0 Å². The molecule has 0 amide bonds. The van der Waals surface area contributed by atoms with Gasteiger partial charge in [-0.05, 0) is 47.1 Å². The van der Waals surface area contributed by atoms with Gasteiger partial charge < -0.3 is 4.90 Å². The smallest absolute Gasteiger partial charge is 0.0718 e. The van der Waals surface area contributed by atoms with E-state index >= 15 is 0 Å². The maximum Gasteiger partial charge on any atom is 0.0718 e. The molecular weight excluding hydrogens is 244 g/mol. The van der Waals surface area contributed by atoms with E-state index in [9.17, 15) is 0 Å². The Balaban J connectivity index is 2.30. The van der Waals surface area contributed by atoms with Crippen molar-refractivity contribution in [3.63, 3.8) is 0 Å². The van der Waals surface area contributed by atoms with Gasteiger partial charge in [-0.2, -0.15) is 0 Å². The highest BCUT2D eigenvalue weighted by Crippen LogP contribution is 2.38. The summed E-state index contributed by atoms with van der Waals surface area (Å²) in [4.78, 5) is 5.11. The Bertz CT molecular complexity index is 481. The van der Waals surface area contributed by atoms with Crippen LogP contribution < -0.4 is 0 Å². The molecule has 1 aliphatic rings. The monoisotopic (exact) mass is 272 g/mol. The minimum Gasteiger partial charge on any atom is -0.358 e. The Hall–Kier alpha value is -1.28. The summed E-state index contributed by atoms with van der Waals surface area (Å²) >= 11 is 0. The molecule has 0 saturated carbocycles. The third-order valence-corrected chi connectivity index (χ3v) is 4.29. The van der Waals surface area contributed by atoms with Crippen molar-refractivity contribution in [3.05, 3.63) is 47.2 Å². The lowest BCUT2D eigenvalue weighted by Gasteiger charge is -2.32. The predicted octanol–water partition coefficient (Wildman–Crippen LogP) is 4.24. The largest absolute Gasteiger partial charge is 0.358 e. The van der Waals surface area contributed by atoms with Gasteiger partial charge in [-0.15, -0.1) is 0 Å². The summed E-state index contributed by atoms with van der Waals surface area (Å²) in [5, 5.41) is 0. The number of rotatable bonds is 3. The van der Waals surface area contributed by atoms with Crippen LogP contribution in [0.3, 0.4) is 0 Å². The zero-order chi connectivity index (χ0) is 14.9. The Morgan fingerprint density at radius 2 is 1.75 bits per heavy atom. The van der Waals surface area contributed by atoms with Gasteiger partial charge in [-0.3, -0.25) is 4.90 Å². The molecule has 0 spiro atoms. The third-order valence-electron chi connectivity index (χ3n) is 4.29. The van der Waals surface area contributed by atoms with Gasteiger partial charge in [0.2, 0.25) is 0 Å². The first kappa shape index (κ1) is 15.1. The average molecular weight is 272 g/mol.